The number of nitrogens with zero attached hydrogens (tertiary/aromatic N) is 1. The summed E-state index contributed by atoms with van der Waals surface area (Å²) in [4.78, 5) is 113. The fraction of sp³-hybridized carbons (Fsp3) is 0.448. The van der Waals surface area contributed by atoms with E-state index in [2.05, 4.69) is 26.6 Å². The van der Waals surface area contributed by atoms with Crippen LogP contribution in [0.4, 0.5) is 0 Å². The quantitative estimate of drug-likeness (QED) is 0.0255. The number of carbonyl (C=O) groups is 8. The Bertz CT molecular complexity index is 3180. The van der Waals surface area contributed by atoms with Crippen molar-refractivity contribution in [3.8, 4) is 5.75 Å². The van der Waals surface area contributed by atoms with E-state index in [1.165, 1.54) is 40.5 Å². The molecule has 5 aromatic rings. The van der Waals surface area contributed by atoms with Crippen molar-refractivity contribution in [1.29, 1.82) is 0 Å². The SMILES string of the molecule is CCOc1ccc2ccccc2c1C(=O)N[C@@H](Cc1ccc(CS(=O)(=O)O)cc1)C(=O)N[C@@H](CCC(=O)OC(C)(C)C)C(=O)N1CCC[C@H]1C(=O)N[C@@H](Cc1csc2ccccc12)C(=O)N[C@@H](CCCC(=O)O)C(=O)NC(C)(C)C. The molecule has 0 aliphatic carbocycles. The number of carbonyl (C=O) groups excluding carboxylic acids is 7. The average Bonchev–Trinajstić information content (AvgIpc) is 4.04. The van der Waals surface area contributed by atoms with Gasteiger partial charge in [-0.15, -0.1) is 11.3 Å². The average molecular weight is 1140 g/mol. The van der Waals surface area contributed by atoms with Crippen LogP contribution in [0.1, 0.15) is 120 Å². The zero-order chi connectivity index (χ0) is 58.5. The second-order valence-corrected chi connectivity index (χ2v) is 24.2. The second-order valence-electron chi connectivity index (χ2n) is 21.9. The summed E-state index contributed by atoms with van der Waals surface area (Å²) in [5.41, 5.74) is -0.0442. The van der Waals surface area contributed by atoms with Gasteiger partial charge in [0.05, 0.1) is 12.2 Å². The number of benzene rings is 4. The van der Waals surface area contributed by atoms with Gasteiger partial charge < -0.3 is 46.1 Å². The van der Waals surface area contributed by atoms with E-state index in [9.17, 15) is 51.6 Å². The van der Waals surface area contributed by atoms with Gasteiger partial charge in [-0.05, 0) is 131 Å². The first-order chi connectivity index (χ1) is 37.7. The van der Waals surface area contributed by atoms with Crippen LogP contribution in [-0.4, -0.2) is 125 Å². The van der Waals surface area contributed by atoms with Crippen molar-refractivity contribution in [2.75, 3.05) is 13.2 Å². The number of thiophene rings is 1. The summed E-state index contributed by atoms with van der Waals surface area (Å²) in [5, 5.41) is 27.4. The van der Waals surface area contributed by atoms with E-state index in [4.69, 9.17) is 9.47 Å². The lowest BCUT2D eigenvalue weighted by molar-refractivity contribution is -0.155. The van der Waals surface area contributed by atoms with Gasteiger partial charge in [-0.2, -0.15) is 8.42 Å². The minimum atomic E-state index is -4.38. The number of fused-ring (bicyclic) bond motifs is 2. The predicted octanol–water partition coefficient (Wildman–Crippen LogP) is 6.16. The third kappa shape index (κ3) is 18.0. The zero-order valence-electron chi connectivity index (χ0n) is 46.1. The molecule has 0 radical (unpaired) electrons. The molecule has 1 aromatic heterocycles. The molecule has 0 spiro atoms. The Morgan fingerprint density at radius 2 is 1.36 bits per heavy atom. The molecule has 6 amide bonds. The van der Waals surface area contributed by atoms with E-state index in [0.29, 0.717) is 22.8 Å². The highest BCUT2D eigenvalue weighted by atomic mass is 32.2. The van der Waals surface area contributed by atoms with Gasteiger partial charge in [-0.1, -0.05) is 72.8 Å². The molecule has 4 aromatic carbocycles. The fourth-order valence-corrected chi connectivity index (χ4v) is 11.0. The first-order valence-corrected chi connectivity index (χ1v) is 29.1. The Morgan fingerprint density at radius 1 is 0.725 bits per heavy atom. The van der Waals surface area contributed by atoms with Crippen molar-refractivity contribution in [1.82, 2.24) is 31.5 Å². The Kier molecular flexibility index (Phi) is 21.0. The van der Waals surface area contributed by atoms with Gasteiger partial charge in [0.25, 0.3) is 16.0 Å². The van der Waals surface area contributed by atoms with Crippen LogP contribution in [0.2, 0.25) is 0 Å². The number of amides is 6. The van der Waals surface area contributed by atoms with E-state index >= 15 is 4.79 Å². The van der Waals surface area contributed by atoms with Crippen molar-refractivity contribution < 1.29 is 65.9 Å². The predicted molar refractivity (Wildman–Crippen MR) is 302 cm³/mol. The molecule has 7 N–H and O–H groups in total. The van der Waals surface area contributed by atoms with E-state index < -0.39 is 105 Å². The van der Waals surface area contributed by atoms with Crippen LogP contribution < -0.4 is 31.3 Å². The number of aliphatic carboxylic acids is 1. The summed E-state index contributed by atoms with van der Waals surface area (Å²) in [7, 11) is -4.38. The Balaban J connectivity index is 1.32. The third-order valence-electron chi connectivity index (χ3n) is 13.0. The van der Waals surface area contributed by atoms with Gasteiger partial charge in [0.15, 0.2) is 0 Å². The molecule has 1 aliphatic heterocycles. The van der Waals surface area contributed by atoms with Crippen LogP contribution in [0.3, 0.4) is 0 Å². The van der Waals surface area contributed by atoms with Crippen LogP contribution in [-0.2, 0) is 67.0 Å². The third-order valence-corrected chi connectivity index (χ3v) is 14.7. The molecule has 80 heavy (non-hydrogen) atoms. The summed E-state index contributed by atoms with van der Waals surface area (Å²) >= 11 is 1.44. The van der Waals surface area contributed by atoms with Crippen LogP contribution in [0.5, 0.6) is 5.75 Å². The topological polar surface area (TPSA) is 293 Å². The van der Waals surface area contributed by atoms with Gasteiger partial charge in [-0.25, -0.2) is 0 Å². The number of likely N-dealkylation sites (tertiary alicyclic amines) is 1. The molecule has 2 heterocycles. The van der Waals surface area contributed by atoms with Gasteiger partial charge >= 0.3 is 11.9 Å². The Hall–Kier alpha value is -7.43. The number of carboxylic acids is 1. The second kappa shape index (κ2) is 27.2. The van der Waals surface area contributed by atoms with Crippen LogP contribution in [0, 0.1) is 0 Å². The molecular formula is C58H72N6O14S2. The standard InChI is InChI=1S/C58H72N6O14S2/c1-8-77-46-28-26-37-15-9-10-17-40(37)50(46)55(72)62-43(31-35-22-24-36(25-23-35)34-80(74,75)76)51(68)60-42(27-29-49(67)78-58(5,6)7)56(73)64-30-14-19-45(64)54(71)61-44(32-38-33-79-47-20-12-11-16-39(38)47)52(69)59-41(18-13-21-48(65)66)53(70)63-57(2,3)4/h9-12,15-17,20,22-26,28,33,41-45H,8,13-14,18-19,21,27,29-32,34H2,1-7H3,(H,59,69)(H,60,68)(H,61,71)(H,62,72)(H,63,70)(H,65,66)(H,74,75,76)/t41-,42-,43-,44-,45-/m0/s1. The normalized spacial score (nSPS) is 15.2. The molecule has 0 saturated carbocycles. The van der Waals surface area contributed by atoms with Gasteiger partial charge in [0, 0.05) is 42.5 Å². The van der Waals surface area contributed by atoms with Crippen molar-refractivity contribution in [3.63, 3.8) is 0 Å². The van der Waals surface area contributed by atoms with E-state index in [0.717, 1.165) is 15.6 Å². The zero-order valence-corrected chi connectivity index (χ0v) is 47.7. The molecule has 1 fully saturated rings. The number of esters is 1. The smallest absolute Gasteiger partial charge is 0.306 e. The van der Waals surface area contributed by atoms with Crippen molar-refractivity contribution in [2.24, 2.45) is 0 Å². The first kappa shape index (κ1) is 61.8. The number of carboxylic acid groups (broad SMARTS) is 1. The van der Waals surface area contributed by atoms with Crippen molar-refractivity contribution in [3.05, 3.63) is 113 Å². The summed E-state index contributed by atoms with van der Waals surface area (Å²) in [6.07, 6.45) is -0.613. The summed E-state index contributed by atoms with van der Waals surface area (Å²) in [6.45, 7) is 12.3. The van der Waals surface area contributed by atoms with Crippen LogP contribution >= 0.6 is 11.3 Å². The summed E-state index contributed by atoms with van der Waals surface area (Å²) in [6, 6.07) is 17.4. The lowest BCUT2D eigenvalue weighted by Gasteiger charge is -2.31. The first-order valence-electron chi connectivity index (χ1n) is 26.6. The monoisotopic (exact) mass is 1140 g/mol. The summed E-state index contributed by atoms with van der Waals surface area (Å²) < 4.78 is 45.2. The molecule has 5 atom stereocenters. The Labute approximate surface area is 469 Å². The number of ether oxygens (including phenoxy) is 2. The van der Waals surface area contributed by atoms with Crippen LogP contribution in [0.15, 0.2) is 90.3 Å². The van der Waals surface area contributed by atoms with Crippen molar-refractivity contribution >= 4 is 89.7 Å². The molecule has 0 unspecified atom stereocenters. The number of rotatable bonds is 25. The molecule has 430 valence electrons. The Morgan fingerprint density at radius 3 is 2.01 bits per heavy atom. The van der Waals surface area contributed by atoms with Gasteiger partial charge in [-0.3, -0.25) is 42.9 Å². The number of hydrogen-bond donors (Lipinski definition) is 7. The molecule has 0 bridgehead atoms. The minimum Gasteiger partial charge on any atom is -0.493 e. The summed E-state index contributed by atoms with van der Waals surface area (Å²) in [5.74, 6) is -6.46. The molecule has 20 nitrogen and oxygen atoms in total. The van der Waals surface area contributed by atoms with Crippen molar-refractivity contribution in [2.45, 2.75) is 153 Å². The highest BCUT2D eigenvalue weighted by Gasteiger charge is 2.41. The highest BCUT2D eigenvalue weighted by molar-refractivity contribution is 7.85. The highest BCUT2D eigenvalue weighted by Crippen LogP contribution is 2.30. The molecular weight excluding hydrogens is 1070 g/mol. The van der Waals surface area contributed by atoms with E-state index in [1.54, 1.807) is 78.8 Å². The van der Waals surface area contributed by atoms with E-state index in [1.807, 2.05) is 35.7 Å². The maximum Gasteiger partial charge on any atom is 0.306 e. The molecule has 1 saturated heterocycles. The lowest BCUT2D eigenvalue weighted by atomic mass is 10.00. The minimum absolute atomic E-state index is 0.0192. The fourth-order valence-electron chi connectivity index (χ4n) is 9.45. The van der Waals surface area contributed by atoms with Gasteiger partial charge in [0.2, 0.25) is 29.5 Å². The largest absolute Gasteiger partial charge is 0.493 e. The number of hydrogen-bond acceptors (Lipinski definition) is 13. The molecule has 22 heteroatoms. The van der Waals surface area contributed by atoms with Crippen LogP contribution in [0.25, 0.3) is 20.9 Å². The lowest BCUT2D eigenvalue weighted by Crippen LogP contribution is -2.59. The number of nitrogens with one attached hydrogen (secondary N) is 5. The van der Waals surface area contributed by atoms with Gasteiger partial charge in [0.1, 0.15) is 47.3 Å². The molecule has 1 aliphatic rings. The maximum atomic E-state index is 15.1. The van der Waals surface area contributed by atoms with E-state index in [-0.39, 0.29) is 81.4 Å². The molecule has 6 rings (SSSR count). The maximum absolute atomic E-state index is 15.1.